The Morgan fingerprint density at radius 1 is 1.33 bits per heavy atom. The second-order valence-electron chi connectivity index (χ2n) is 4.69. The minimum Gasteiger partial charge on any atom is -0.493 e. The zero-order valence-electron chi connectivity index (χ0n) is 12.8. The first kappa shape index (κ1) is 18.2. The van der Waals surface area contributed by atoms with Crippen LogP contribution in [0.25, 0.3) is 0 Å². The lowest BCUT2D eigenvalue weighted by molar-refractivity contribution is 0.0556. The average Bonchev–Trinajstić information content (AvgIpc) is 2.58. The van der Waals surface area contributed by atoms with Crippen LogP contribution >= 0.6 is 27.5 Å². The van der Waals surface area contributed by atoms with Gasteiger partial charge in [-0.2, -0.15) is 0 Å². The maximum absolute atomic E-state index is 11.9. The first-order valence-electron chi connectivity index (χ1n) is 6.90. The molecule has 0 heterocycles. The Morgan fingerprint density at radius 2 is 2.12 bits per heavy atom. The molecule has 0 atom stereocenters. The van der Waals surface area contributed by atoms with Crippen molar-refractivity contribution in [3.8, 4) is 23.8 Å². The minimum atomic E-state index is -0.577. The van der Waals surface area contributed by atoms with E-state index in [-0.39, 0.29) is 17.2 Å². The second-order valence-corrected chi connectivity index (χ2v) is 6.01. The number of benzene rings is 2. The van der Waals surface area contributed by atoms with Crippen LogP contribution in [0.1, 0.15) is 15.9 Å². The predicted octanol–water partition coefficient (Wildman–Crippen LogP) is 4.48. The molecule has 0 bridgehead atoms. The average molecular weight is 410 g/mol. The Labute approximate surface area is 153 Å². The monoisotopic (exact) mass is 408 g/mol. The number of rotatable bonds is 6. The van der Waals surface area contributed by atoms with Gasteiger partial charge in [0.1, 0.15) is 6.61 Å². The van der Waals surface area contributed by atoms with E-state index >= 15 is 0 Å². The highest BCUT2D eigenvalue weighted by atomic mass is 79.9. The van der Waals surface area contributed by atoms with Crippen LogP contribution in [-0.2, 0) is 11.3 Å². The van der Waals surface area contributed by atoms with E-state index in [2.05, 4.69) is 21.9 Å². The van der Waals surface area contributed by atoms with Gasteiger partial charge in [0.2, 0.25) is 0 Å². The highest BCUT2D eigenvalue weighted by Crippen LogP contribution is 2.37. The number of carbonyl (C=O) groups is 1. The van der Waals surface area contributed by atoms with Gasteiger partial charge in [-0.25, -0.2) is 4.79 Å². The summed E-state index contributed by atoms with van der Waals surface area (Å²) in [7, 11) is 1.47. The molecule has 0 aliphatic heterocycles. The van der Waals surface area contributed by atoms with E-state index in [0.29, 0.717) is 18.1 Å². The van der Waals surface area contributed by atoms with Gasteiger partial charge < -0.3 is 14.2 Å². The normalized spacial score (nSPS) is 9.92. The maximum Gasteiger partial charge on any atom is 0.339 e. The zero-order valence-corrected chi connectivity index (χ0v) is 15.2. The Bertz CT molecular complexity index is 783. The van der Waals surface area contributed by atoms with Gasteiger partial charge in [0.05, 0.1) is 17.7 Å². The van der Waals surface area contributed by atoms with E-state index in [1.54, 1.807) is 0 Å². The molecule has 2 rings (SSSR count). The van der Waals surface area contributed by atoms with Gasteiger partial charge >= 0.3 is 5.97 Å². The van der Waals surface area contributed by atoms with Crippen molar-refractivity contribution in [2.45, 2.75) is 6.61 Å². The summed E-state index contributed by atoms with van der Waals surface area (Å²) in [5.41, 5.74) is 1.20. The van der Waals surface area contributed by atoms with Crippen molar-refractivity contribution in [1.29, 1.82) is 0 Å². The molecule has 0 spiro atoms. The van der Waals surface area contributed by atoms with Crippen LogP contribution in [0, 0.1) is 12.3 Å². The maximum atomic E-state index is 11.9. The van der Waals surface area contributed by atoms with Crippen molar-refractivity contribution < 1.29 is 19.0 Å². The summed E-state index contributed by atoms with van der Waals surface area (Å²) in [6, 6.07) is 10.7. The molecule has 2 aromatic rings. The molecular weight excluding hydrogens is 396 g/mol. The second kappa shape index (κ2) is 8.62. The molecule has 0 aliphatic carbocycles. The molecule has 0 fully saturated rings. The smallest absolute Gasteiger partial charge is 0.339 e. The first-order chi connectivity index (χ1) is 11.5. The number of halogens is 2. The summed E-state index contributed by atoms with van der Waals surface area (Å²) in [6.07, 6.45) is 5.07. The SMILES string of the molecule is C#CCOC(=O)c1cc(Cl)c(OCc2cccc(Br)c2)c(OC)c1. The molecule has 0 aliphatic rings. The fourth-order valence-corrected chi connectivity index (χ4v) is 2.66. The predicted molar refractivity (Wildman–Crippen MR) is 95.6 cm³/mol. The molecule has 2 aromatic carbocycles. The third-order valence-corrected chi connectivity index (χ3v) is 3.80. The molecule has 0 amide bonds. The lowest BCUT2D eigenvalue weighted by Crippen LogP contribution is -2.07. The Balaban J connectivity index is 2.21. The largest absolute Gasteiger partial charge is 0.493 e. The quantitative estimate of drug-likeness (QED) is 0.521. The number of terminal acetylenes is 1. The summed E-state index contributed by atoms with van der Waals surface area (Å²) in [5, 5.41) is 0.247. The lowest BCUT2D eigenvalue weighted by Gasteiger charge is -2.14. The molecule has 0 saturated heterocycles. The number of hydrogen-bond acceptors (Lipinski definition) is 4. The van der Waals surface area contributed by atoms with Gasteiger partial charge in [0.25, 0.3) is 0 Å². The van der Waals surface area contributed by atoms with Gasteiger partial charge in [-0.1, -0.05) is 45.6 Å². The number of carbonyl (C=O) groups excluding carboxylic acids is 1. The Morgan fingerprint density at radius 3 is 2.79 bits per heavy atom. The van der Waals surface area contributed by atoms with Crippen molar-refractivity contribution in [3.63, 3.8) is 0 Å². The van der Waals surface area contributed by atoms with Crippen LogP contribution in [0.4, 0.5) is 0 Å². The zero-order chi connectivity index (χ0) is 17.5. The summed E-state index contributed by atoms with van der Waals surface area (Å²) < 4.78 is 16.9. The Kier molecular flexibility index (Phi) is 6.53. The third-order valence-electron chi connectivity index (χ3n) is 3.02. The number of hydrogen-bond donors (Lipinski definition) is 0. The van der Waals surface area contributed by atoms with Gasteiger partial charge in [0.15, 0.2) is 18.1 Å². The van der Waals surface area contributed by atoms with Crippen LogP contribution in [-0.4, -0.2) is 19.7 Å². The van der Waals surface area contributed by atoms with Crippen molar-refractivity contribution in [3.05, 3.63) is 57.0 Å². The van der Waals surface area contributed by atoms with Crippen LogP contribution < -0.4 is 9.47 Å². The van der Waals surface area contributed by atoms with E-state index in [1.807, 2.05) is 24.3 Å². The topological polar surface area (TPSA) is 44.8 Å². The molecule has 24 heavy (non-hydrogen) atoms. The highest BCUT2D eigenvalue weighted by Gasteiger charge is 2.17. The molecular formula is C18H14BrClO4. The first-order valence-corrected chi connectivity index (χ1v) is 8.07. The van der Waals surface area contributed by atoms with Crippen molar-refractivity contribution >= 4 is 33.5 Å². The van der Waals surface area contributed by atoms with Gasteiger partial charge in [-0.15, -0.1) is 6.42 Å². The lowest BCUT2D eigenvalue weighted by atomic mass is 10.2. The fourth-order valence-electron chi connectivity index (χ4n) is 1.95. The molecule has 6 heteroatoms. The third kappa shape index (κ3) is 4.67. The molecule has 124 valence electrons. The van der Waals surface area contributed by atoms with Crippen LogP contribution in [0.15, 0.2) is 40.9 Å². The van der Waals surface area contributed by atoms with Crippen molar-refractivity contribution in [1.82, 2.24) is 0 Å². The van der Waals surface area contributed by atoms with E-state index < -0.39 is 5.97 Å². The molecule has 0 N–H and O–H groups in total. The van der Waals surface area contributed by atoms with E-state index in [9.17, 15) is 4.79 Å². The van der Waals surface area contributed by atoms with E-state index in [4.69, 9.17) is 32.2 Å². The summed E-state index contributed by atoms with van der Waals surface area (Å²) in [5.74, 6) is 2.35. The van der Waals surface area contributed by atoms with Gasteiger partial charge in [-0.05, 0) is 29.8 Å². The fraction of sp³-hybridized carbons (Fsp3) is 0.167. The molecule has 4 nitrogen and oxygen atoms in total. The van der Waals surface area contributed by atoms with E-state index in [0.717, 1.165) is 10.0 Å². The molecule has 0 aromatic heterocycles. The van der Waals surface area contributed by atoms with E-state index in [1.165, 1.54) is 19.2 Å². The number of methoxy groups -OCH3 is 1. The van der Waals surface area contributed by atoms with Crippen molar-refractivity contribution in [2.24, 2.45) is 0 Å². The number of ether oxygens (including phenoxy) is 3. The molecule has 0 unspecified atom stereocenters. The van der Waals surface area contributed by atoms with Crippen LogP contribution in [0.2, 0.25) is 5.02 Å². The minimum absolute atomic E-state index is 0.111. The Hall–Kier alpha value is -2.16. The van der Waals surface area contributed by atoms with Crippen LogP contribution in [0.3, 0.4) is 0 Å². The molecule has 0 saturated carbocycles. The molecule has 0 radical (unpaired) electrons. The van der Waals surface area contributed by atoms with Gasteiger partial charge in [0, 0.05) is 4.47 Å². The standard InChI is InChI=1S/C18H14BrClO4/c1-3-7-23-18(21)13-9-15(20)17(16(10-13)22-2)24-11-12-5-4-6-14(19)8-12/h1,4-6,8-10H,7,11H2,2H3. The number of esters is 1. The summed E-state index contributed by atoms with van der Waals surface area (Å²) in [4.78, 5) is 11.9. The highest BCUT2D eigenvalue weighted by molar-refractivity contribution is 9.10. The summed E-state index contributed by atoms with van der Waals surface area (Å²) in [6.45, 7) is 0.191. The van der Waals surface area contributed by atoms with Gasteiger partial charge in [-0.3, -0.25) is 0 Å². The summed E-state index contributed by atoms with van der Waals surface area (Å²) >= 11 is 9.63. The van der Waals surface area contributed by atoms with Crippen LogP contribution in [0.5, 0.6) is 11.5 Å². The van der Waals surface area contributed by atoms with Crippen molar-refractivity contribution in [2.75, 3.05) is 13.7 Å².